The van der Waals surface area contributed by atoms with Gasteiger partial charge in [-0.25, -0.2) is 4.98 Å². The van der Waals surface area contributed by atoms with Crippen molar-refractivity contribution in [2.45, 2.75) is 25.8 Å². The summed E-state index contributed by atoms with van der Waals surface area (Å²) < 4.78 is 1.92. The van der Waals surface area contributed by atoms with Crippen LogP contribution in [0.4, 0.5) is 0 Å². The van der Waals surface area contributed by atoms with Crippen LogP contribution >= 0.6 is 11.6 Å². The topological polar surface area (TPSA) is 55.6 Å². The van der Waals surface area contributed by atoms with Gasteiger partial charge in [0.05, 0.1) is 6.20 Å². The first-order valence-corrected chi connectivity index (χ1v) is 7.42. The molecule has 3 rings (SSSR count). The molecule has 0 saturated carbocycles. The molecule has 20 heavy (non-hydrogen) atoms. The first kappa shape index (κ1) is 13.5. The molecule has 0 unspecified atom stereocenters. The Morgan fingerprint density at radius 3 is 2.90 bits per heavy atom. The highest BCUT2D eigenvalue weighted by Crippen LogP contribution is 2.19. The van der Waals surface area contributed by atoms with Crippen molar-refractivity contribution in [1.82, 2.24) is 25.3 Å². The molecule has 106 valence electrons. The molecule has 0 spiro atoms. The molecule has 2 aromatic rings. The maximum absolute atomic E-state index is 5.78. The van der Waals surface area contributed by atoms with Gasteiger partial charge in [-0.1, -0.05) is 16.8 Å². The molecule has 3 heterocycles. The van der Waals surface area contributed by atoms with Gasteiger partial charge in [0.25, 0.3) is 0 Å². The van der Waals surface area contributed by atoms with Crippen LogP contribution in [0.2, 0.25) is 5.15 Å². The molecule has 1 saturated heterocycles. The third-order valence-corrected chi connectivity index (χ3v) is 4.01. The molecule has 1 fully saturated rings. The Kier molecular flexibility index (Phi) is 4.28. The molecule has 0 bridgehead atoms. The van der Waals surface area contributed by atoms with E-state index in [0.717, 1.165) is 36.8 Å². The molecule has 0 amide bonds. The van der Waals surface area contributed by atoms with E-state index >= 15 is 0 Å². The maximum atomic E-state index is 5.78. The zero-order valence-electron chi connectivity index (χ0n) is 11.3. The van der Waals surface area contributed by atoms with Crippen molar-refractivity contribution in [3.8, 4) is 11.3 Å². The van der Waals surface area contributed by atoms with Crippen molar-refractivity contribution < 1.29 is 0 Å². The summed E-state index contributed by atoms with van der Waals surface area (Å²) in [6.07, 6.45) is 7.41. The molecule has 5 nitrogen and oxygen atoms in total. The van der Waals surface area contributed by atoms with E-state index in [4.69, 9.17) is 11.6 Å². The summed E-state index contributed by atoms with van der Waals surface area (Å²) in [5.74, 6) is 0.807. The van der Waals surface area contributed by atoms with Crippen molar-refractivity contribution in [2.75, 3.05) is 13.1 Å². The molecule has 0 radical (unpaired) electrons. The average Bonchev–Trinajstić information content (AvgIpc) is 2.96. The minimum Gasteiger partial charge on any atom is -0.317 e. The van der Waals surface area contributed by atoms with Crippen LogP contribution in [-0.2, 0) is 6.54 Å². The molecular formula is C14H18ClN5. The van der Waals surface area contributed by atoms with Crippen LogP contribution < -0.4 is 5.32 Å². The second-order valence-corrected chi connectivity index (χ2v) is 5.61. The van der Waals surface area contributed by atoms with Crippen LogP contribution in [0.15, 0.2) is 24.5 Å². The van der Waals surface area contributed by atoms with Crippen molar-refractivity contribution in [3.63, 3.8) is 0 Å². The fraction of sp³-hybridized carbons (Fsp3) is 0.500. The monoisotopic (exact) mass is 291 g/mol. The minimum atomic E-state index is 0.493. The Bertz CT molecular complexity index is 545. The largest absolute Gasteiger partial charge is 0.317 e. The molecule has 0 atom stereocenters. The molecule has 6 heteroatoms. The van der Waals surface area contributed by atoms with Crippen molar-refractivity contribution in [2.24, 2.45) is 5.92 Å². The Balaban J connectivity index is 1.60. The molecule has 1 aliphatic heterocycles. The number of nitrogens with one attached hydrogen (secondary N) is 1. The summed E-state index contributed by atoms with van der Waals surface area (Å²) >= 11 is 5.78. The van der Waals surface area contributed by atoms with Gasteiger partial charge in [0.2, 0.25) is 0 Å². The number of aryl methyl sites for hydroxylation is 1. The molecule has 0 aliphatic carbocycles. The third kappa shape index (κ3) is 3.35. The molecule has 1 aliphatic rings. The number of hydrogen-bond donors (Lipinski definition) is 1. The highest BCUT2D eigenvalue weighted by Gasteiger charge is 2.13. The normalized spacial score (nSPS) is 16.4. The Morgan fingerprint density at radius 1 is 1.30 bits per heavy atom. The maximum Gasteiger partial charge on any atom is 0.129 e. The van der Waals surface area contributed by atoms with Gasteiger partial charge >= 0.3 is 0 Å². The SMILES string of the molecule is Clc1ccc(-c2cn(CCC3CCNCC3)nn2)cn1. The van der Waals surface area contributed by atoms with E-state index in [0.29, 0.717) is 5.15 Å². The number of rotatable bonds is 4. The van der Waals surface area contributed by atoms with E-state index < -0.39 is 0 Å². The van der Waals surface area contributed by atoms with Gasteiger partial charge in [-0.05, 0) is 50.4 Å². The number of halogens is 1. The second kappa shape index (κ2) is 6.33. The van der Waals surface area contributed by atoms with Crippen LogP contribution in [0.3, 0.4) is 0 Å². The van der Waals surface area contributed by atoms with Gasteiger partial charge in [-0.15, -0.1) is 5.10 Å². The molecular weight excluding hydrogens is 274 g/mol. The van der Waals surface area contributed by atoms with Crippen molar-refractivity contribution in [3.05, 3.63) is 29.7 Å². The number of hydrogen-bond acceptors (Lipinski definition) is 4. The number of pyridine rings is 1. The lowest BCUT2D eigenvalue weighted by Gasteiger charge is -2.22. The lowest BCUT2D eigenvalue weighted by Crippen LogP contribution is -2.28. The van der Waals surface area contributed by atoms with E-state index in [1.54, 1.807) is 12.3 Å². The smallest absolute Gasteiger partial charge is 0.129 e. The van der Waals surface area contributed by atoms with Crippen molar-refractivity contribution >= 4 is 11.6 Å². The average molecular weight is 292 g/mol. The van der Waals surface area contributed by atoms with Gasteiger partial charge in [0.1, 0.15) is 10.8 Å². The van der Waals surface area contributed by atoms with Crippen LogP contribution in [0, 0.1) is 5.92 Å². The van der Waals surface area contributed by atoms with Crippen LogP contribution in [0.1, 0.15) is 19.3 Å². The van der Waals surface area contributed by atoms with Gasteiger partial charge < -0.3 is 5.32 Å². The van der Waals surface area contributed by atoms with Crippen LogP contribution in [-0.4, -0.2) is 33.1 Å². The molecule has 0 aromatic carbocycles. The predicted octanol–water partition coefficient (Wildman–Crippen LogP) is 2.38. The van der Waals surface area contributed by atoms with E-state index in [9.17, 15) is 0 Å². The zero-order valence-corrected chi connectivity index (χ0v) is 12.1. The highest BCUT2D eigenvalue weighted by atomic mass is 35.5. The standard InChI is InChI=1S/C14H18ClN5/c15-14-2-1-12(9-17-14)13-10-20(19-18-13)8-5-11-3-6-16-7-4-11/h1-2,9-11,16H,3-8H2. The summed E-state index contributed by atoms with van der Waals surface area (Å²) in [4.78, 5) is 4.07. The predicted molar refractivity (Wildman–Crippen MR) is 78.5 cm³/mol. The van der Waals surface area contributed by atoms with Crippen molar-refractivity contribution in [1.29, 1.82) is 0 Å². The highest BCUT2D eigenvalue weighted by molar-refractivity contribution is 6.29. The quantitative estimate of drug-likeness (QED) is 0.879. The Morgan fingerprint density at radius 2 is 2.15 bits per heavy atom. The first-order valence-electron chi connectivity index (χ1n) is 7.04. The van der Waals surface area contributed by atoms with Gasteiger partial charge in [-0.2, -0.15) is 0 Å². The fourth-order valence-corrected chi connectivity index (χ4v) is 2.66. The lowest BCUT2D eigenvalue weighted by molar-refractivity contribution is 0.330. The first-order chi connectivity index (χ1) is 9.81. The van der Waals surface area contributed by atoms with Gasteiger partial charge in [0, 0.05) is 18.3 Å². The third-order valence-electron chi connectivity index (χ3n) is 3.79. The second-order valence-electron chi connectivity index (χ2n) is 5.22. The number of aromatic nitrogens is 4. The van der Waals surface area contributed by atoms with E-state index in [1.807, 2.05) is 16.9 Å². The summed E-state index contributed by atoms with van der Waals surface area (Å²) in [7, 11) is 0. The lowest BCUT2D eigenvalue weighted by atomic mass is 9.95. The van der Waals surface area contributed by atoms with E-state index in [-0.39, 0.29) is 0 Å². The van der Waals surface area contributed by atoms with Crippen LogP contribution in [0.25, 0.3) is 11.3 Å². The van der Waals surface area contributed by atoms with E-state index in [1.165, 1.54) is 19.3 Å². The van der Waals surface area contributed by atoms with Crippen LogP contribution in [0.5, 0.6) is 0 Å². The Hall–Kier alpha value is -1.46. The van der Waals surface area contributed by atoms with Gasteiger partial charge in [0.15, 0.2) is 0 Å². The van der Waals surface area contributed by atoms with Gasteiger partial charge in [-0.3, -0.25) is 4.68 Å². The summed E-state index contributed by atoms with van der Waals surface area (Å²) in [5, 5.41) is 12.3. The minimum absolute atomic E-state index is 0.493. The Labute approximate surface area is 123 Å². The van der Waals surface area contributed by atoms with E-state index in [2.05, 4.69) is 20.6 Å². The fourth-order valence-electron chi connectivity index (χ4n) is 2.55. The summed E-state index contributed by atoms with van der Waals surface area (Å²) in [6.45, 7) is 3.21. The number of nitrogens with zero attached hydrogens (tertiary/aromatic N) is 4. The molecule has 1 N–H and O–H groups in total. The zero-order chi connectivity index (χ0) is 13.8. The summed E-state index contributed by atoms with van der Waals surface area (Å²) in [5.41, 5.74) is 1.79. The number of piperidine rings is 1. The molecule has 2 aromatic heterocycles. The summed E-state index contributed by atoms with van der Waals surface area (Å²) in [6, 6.07) is 3.68.